The highest BCUT2D eigenvalue weighted by Gasteiger charge is 2.74. The van der Waals surface area contributed by atoms with Crippen molar-refractivity contribution in [2.24, 2.45) is 50.2 Å². The van der Waals surface area contributed by atoms with Crippen molar-refractivity contribution in [3.63, 3.8) is 0 Å². The highest BCUT2D eigenvalue weighted by atomic mass is 16.6. The fourth-order valence-corrected chi connectivity index (χ4v) is 10.7. The van der Waals surface area contributed by atoms with Crippen LogP contribution in [0.1, 0.15) is 99.8 Å². The van der Waals surface area contributed by atoms with Crippen LogP contribution in [0.5, 0.6) is 0 Å². The maximum absolute atomic E-state index is 14.0. The third kappa shape index (κ3) is 2.31. The topological polar surface area (TPSA) is 60.4 Å². The van der Waals surface area contributed by atoms with E-state index in [-0.39, 0.29) is 50.8 Å². The summed E-state index contributed by atoms with van der Waals surface area (Å²) in [6, 6.07) is 0. The highest BCUT2D eigenvalue weighted by molar-refractivity contribution is 6.07. The second-order valence-electron chi connectivity index (χ2n) is 14.9. The summed E-state index contributed by atoms with van der Waals surface area (Å²) in [5.74, 6) is 1.10. The van der Waals surface area contributed by atoms with E-state index in [0.717, 1.165) is 32.1 Å². The first-order chi connectivity index (χ1) is 15.6. The van der Waals surface area contributed by atoms with E-state index in [1.54, 1.807) is 0 Å². The lowest BCUT2D eigenvalue weighted by Gasteiger charge is -2.69. The third-order valence-electron chi connectivity index (χ3n) is 13.0. The van der Waals surface area contributed by atoms with Crippen LogP contribution in [-0.4, -0.2) is 23.6 Å². The molecule has 4 nitrogen and oxygen atoms in total. The van der Waals surface area contributed by atoms with Gasteiger partial charge >= 0.3 is 5.97 Å². The molecule has 0 aromatic carbocycles. The van der Waals surface area contributed by atoms with E-state index in [9.17, 15) is 14.4 Å². The van der Waals surface area contributed by atoms with Gasteiger partial charge in [-0.05, 0) is 54.8 Å². The SMILES string of the molecule is CC1(C)CC2C3=CCC4C5(C)CCC(=O)C(C)(C)C5CCC4(C)C3(C)CC(=O)C23CC1OC3=O. The lowest BCUT2D eigenvalue weighted by atomic mass is 9.33. The predicted molar refractivity (Wildman–Crippen MR) is 130 cm³/mol. The number of carbonyl (C=O) groups is 3. The number of fused-ring (bicyclic) bond motifs is 7. The lowest BCUT2D eigenvalue weighted by Crippen LogP contribution is -2.66. The third-order valence-corrected chi connectivity index (χ3v) is 13.0. The maximum atomic E-state index is 14.0. The van der Waals surface area contributed by atoms with Gasteiger partial charge in [-0.25, -0.2) is 0 Å². The summed E-state index contributed by atoms with van der Waals surface area (Å²) in [4.78, 5) is 40.2. The quantitative estimate of drug-likeness (QED) is 0.247. The minimum atomic E-state index is -0.949. The van der Waals surface area contributed by atoms with Crippen molar-refractivity contribution in [3.8, 4) is 0 Å². The van der Waals surface area contributed by atoms with E-state index >= 15 is 0 Å². The Morgan fingerprint density at radius 3 is 2.29 bits per heavy atom. The Labute approximate surface area is 204 Å². The lowest BCUT2D eigenvalue weighted by molar-refractivity contribution is -0.185. The number of rotatable bonds is 0. The van der Waals surface area contributed by atoms with Crippen molar-refractivity contribution >= 4 is 17.5 Å². The fraction of sp³-hybridized carbons (Fsp3) is 0.833. The fourth-order valence-electron chi connectivity index (χ4n) is 10.7. The number of ketones is 2. The Morgan fingerprint density at radius 2 is 1.59 bits per heavy atom. The first kappa shape index (κ1) is 23.0. The van der Waals surface area contributed by atoms with Crippen LogP contribution in [0, 0.1) is 50.2 Å². The van der Waals surface area contributed by atoms with Crippen LogP contribution in [0.2, 0.25) is 0 Å². The van der Waals surface area contributed by atoms with Gasteiger partial charge in [0.1, 0.15) is 17.3 Å². The van der Waals surface area contributed by atoms with Crippen LogP contribution in [0.3, 0.4) is 0 Å². The molecule has 6 aliphatic rings. The number of hydrogen-bond donors (Lipinski definition) is 0. The number of carbonyl (C=O) groups excluding carboxylic acids is 3. The summed E-state index contributed by atoms with van der Waals surface area (Å²) >= 11 is 0. The van der Waals surface area contributed by atoms with Gasteiger partial charge < -0.3 is 4.74 Å². The first-order valence-corrected chi connectivity index (χ1v) is 13.6. The molecule has 8 unspecified atom stereocenters. The van der Waals surface area contributed by atoms with Crippen LogP contribution >= 0.6 is 0 Å². The van der Waals surface area contributed by atoms with E-state index < -0.39 is 5.41 Å². The minimum absolute atomic E-state index is 0.0143. The summed E-state index contributed by atoms with van der Waals surface area (Å²) in [5, 5.41) is 0. The molecule has 0 aromatic rings. The molecule has 5 fully saturated rings. The molecule has 34 heavy (non-hydrogen) atoms. The van der Waals surface area contributed by atoms with Crippen LogP contribution < -0.4 is 0 Å². The van der Waals surface area contributed by atoms with Gasteiger partial charge in [-0.2, -0.15) is 0 Å². The number of allylic oxidation sites excluding steroid dienone is 2. The van der Waals surface area contributed by atoms with Crippen molar-refractivity contribution < 1.29 is 19.1 Å². The minimum Gasteiger partial charge on any atom is -0.461 e. The van der Waals surface area contributed by atoms with Gasteiger partial charge in [-0.3, -0.25) is 14.4 Å². The van der Waals surface area contributed by atoms with Crippen LogP contribution in [0.4, 0.5) is 0 Å². The average Bonchev–Trinajstić information content (AvgIpc) is 3.05. The molecule has 0 radical (unpaired) electrons. The van der Waals surface area contributed by atoms with Crippen LogP contribution in [0.15, 0.2) is 11.6 Å². The zero-order chi connectivity index (χ0) is 24.7. The van der Waals surface area contributed by atoms with Gasteiger partial charge in [0, 0.05) is 41.4 Å². The molecule has 4 saturated carbocycles. The summed E-state index contributed by atoms with van der Waals surface area (Å²) in [5.41, 5.74) is -0.125. The van der Waals surface area contributed by atoms with Crippen molar-refractivity contribution in [1.82, 2.24) is 0 Å². The number of Topliss-reactive ketones (excluding diaryl/α,β-unsaturated/α-hetero) is 2. The van der Waals surface area contributed by atoms with E-state index in [1.807, 2.05) is 0 Å². The molecule has 5 aliphatic carbocycles. The van der Waals surface area contributed by atoms with E-state index in [4.69, 9.17) is 4.74 Å². The molecule has 1 aliphatic heterocycles. The zero-order valence-corrected chi connectivity index (χ0v) is 22.2. The Morgan fingerprint density at radius 1 is 0.882 bits per heavy atom. The van der Waals surface area contributed by atoms with Crippen molar-refractivity contribution in [3.05, 3.63) is 11.6 Å². The van der Waals surface area contributed by atoms with E-state index in [0.29, 0.717) is 36.9 Å². The molecule has 0 aromatic heterocycles. The molecule has 8 atom stereocenters. The number of esters is 1. The Bertz CT molecular complexity index is 1050. The number of ether oxygens (including phenoxy) is 1. The summed E-state index contributed by atoms with van der Waals surface area (Å²) in [7, 11) is 0. The summed E-state index contributed by atoms with van der Waals surface area (Å²) in [6.07, 6.45) is 8.90. The average molecular weight is 467 g/mol. The van der Waals surface area contributed by atoms with Gasteiger partial charge in [0.2, 0.25) is 0 Å². The Hall–Kier alpha value is -1.45. The molecular formula is C30H42O4. The summed E-state index contributed by atoms with van der Waals surface area (Å²) < 4.78 is 5.88. The van der Waals surface area contributed by atoms with Gasteiger partial charge in [0.25, 0.3) is 0 Å². The maximum Gasteiger partial charge on any atom is 0.320 e. The Kier molecular flexibility index (Phi) is 4.24. The molecule has 6 rings (SSSR count). The van der Waals surface area contributed by atoms with Gasteiger partial charge in [0.05, 0.1) is 0 Å². The molecule has 1 spiro atoms. The molecule has 1 saturated heterocycles. The largest absolute Gasteiger partial charge is 0.461 e. The van der Waals surface area contributed by atoms with Gasteiger partial charge in [-0.15, -0.1) is 0 Å². The number of hydrogen-bond acceptors (Lipinski definition) is 4. The second-order valence-corrected chi connectivity index (χ2v) is 14.9. The van der Waals surface area contributed by atoms with Crippen LogP contribution in [-0.2, 0) is 19.1 Å². The van der Waals surface area contributed by atoms with Crippen molar-refractivity contribution in [1.29, 1.82) is 0 Å². The molecule has 4 heteroatoms. The van der Waals surface area contributed by atoms with E-state index in [2.05, 4.69) is 54.5 Å². The van der Waals surface area contributed by atoms with E-state index in [1.165, 1.54) is 5.57 Å². The van der Waals surface area contributed by atoms with Crippen molar-refractivity contribution in [2.75, 3.05) is 0 Å². The first-order valence-electron chi connectivity index (χ1n) is 13.6. The van der Waals surface area contributed by atoms with Gasteiger partial charge in [0.15, 0.2) is 5.78 Å². The van der Waals surface area contributed by atoms with Gasteiger partial charge in [-0.1, -0.05) is 60.1 Å². The van der Waals surface area contributed by atoms with Crippen molar-refractivity contribution in [2.45, 2.75) is 106 Å². The second kappa shape index (κ2) is 6.27. The highest BCUT2D eigenvalue weighted by Crippen LogP contribution is 2.75. The monoisotopic (exact) mass is 466 g/mol. The molecule has 186 valence electrons. The smallest absolute Gasteiger partial charge is 0.320 e. The zero-order valence-electron chi connectivity index (χ0n) is 22.2. The van der Waals surface area contributed by atoms with Crippen LogP contribution in [0.25, 0.3) is 0 Å². The molecule has 0 amide bonds. The molecular weight excluding hydrogens is 424 g/mol. The predicted octanol–water partition coefficient (Wildman–Crippen LogP) is 6.07. The molecule has 2 bridgehead atoms. The summed E-state index contributed by atoms with van der Waals surface area (Å²) in [6.45, 7) is 16.0. The molecule has 1 heterocycles. The normalized spacial score (nSPS) is 52.6. The molecule has 0 N–H and O–H groups in total. The Balaban J connectivity index is 1.48. The standard InChI is InChI=1S/C30H42O4/c1-25(2)14-18-17-8-9-20-27(5)12-11-21(31)26(3,4)19(27)10-13-28(20,6)29(17,7)15-22(32)30(18)16-23(25)34-24(30)33/h8,18-20,23H,9-16H2,1-7H3.